The standard InChI is InChI=1S/C20H29N3O2/c1-5-15(2)14-23-17(4)16(3)21-20(23)18-6-8-19(9-7-18)22(10-12-24)11-13-25/h5-9,24-25H,10-14H2,1-4H3/b15-5+. The van der Waals surface area contributed by atoms with Crippen LogP contribution in [0.5, 0.6) is 0 Å². The van der Waals surface area contributed by atoms with Crippen molar-refractivity contribution in [3.05, 3.63) is 47.3 Å². The highest BCUT2D eigenvalue weighted by Gasteiger charge is 2.14. The fourth-order valence-corrected chi connectivity index (χ4v) is 2.84. The minimum absolute atomic E-state index is 0.0627. The molecule has 25 heavy (non-hydrogen) atoms. The molecule has 0 radical (unpaired) electrons. The summed E-state index contributed by atoms with van der Waals surface area (Å²) in [5, 5.41) is 18.4. The van der Waals surface area contributed by atoms with E-state index in [-0.39, 0.29) is 13.2 Å². The molecule has 0 atom stereocenters. The Kier molecular flexibility index (Phi) is 6.79. The second-order valence-corrected chi connectivity index (χ2v) is 6.31. The van der Waals surface area contributed by atoms with Gasteiger partial charge in [-0.05, 0) is 52.0 Å². The number of hydrogen-bond donors (Lipinski definition) is 2. The number of allylic oxidation sites excluding steroid dienone is 2. The lowest BCUT2D eigenvalue weighted by Crippen LogP contribution is -2.29. The number of aromatic nitrogens is 2. The first-order chi connectivity index (χ1) is 12.0. The molecule has 0 fully saturated rings. The zero-order valence-electron chi connectivity index (χ0n) is 15.7. The van der Waals surface area contributed by atoms with Crippen molar-refractivity contribution in [3.63, 3.8) is 0 Å². The minimum atomic E-state index is 0.0627. The van der Waals surface area contributed by atoms with E-state index in [1.54, 1.807) is 0 Å². The van der Waals surface area contributed by atoms with E-state index in [2.05, 4.69) is 43.5 Å². The maximum absolute atomic E-state index is 9.19. The molecule has 1 aromatic heterocycles. The number of rotatable bonds is 8. The molecular formula is C20H29N3O2. The fourth-order valence-electron chi connectivity index (χ4n) is 2.84. The molecule has 5 heteroatoms. The lowest BCUT2D eigenvalue weighted by molar-refractivity contribution is 0.281. The SMILES string of the molecule is C/C=C(\C)Cn1c(-c2ccc(N(CCO)CCO)cc2)nc(C)c1C. The predicted molar refractivity (Wildman–Crippen MR) is 103 cm³/mol. The van der Waals surface area contributed by atoms with E-state index < -0.39 is 0 Å². The number of aliphatic hydroxyl groups excluding tert-OH is 2. The summed E-state index contributed by atoms with van der Waals surface area (Å²) in [5.41, 5.74) is 5.59. The van der Waals surface area contributed by atoms with Crippen LogP contribution in [0.3, 0.4) is 0 Å². The van der Waals surface area contributed by atoms with Crippen LogP contribution in [-0.2, 0) is 6.54 Å². The molecule has 1 aromatic carbocycles. The molecule has 0 unspecified atom stereocenters. The van der Waals surface area contributed by atoms with Gasteiger partial charge in [0.05, 0.1) is 18.9 Å². The Morgan fingerprint density at radius 3 is 2.24 bits per heavy atom. The Balaban J connectivity index is 2.35. The minimum Gasteiger partial charge on any atom is -0.395 e. The van der Waals surface area contributed by atoms with Gasteiger partial charge >= 0.3 is 0 Å². The van der Waals surface area contributed by atoms with Gasteiger partial charge in [-0.25, -0.2) is 4.98 Å². The van der Waals surface area contributed by atoms with Gasteiger partial charge in [-0.3, -0.25) is 0 Å². The summed E-state index contributed by atoms with van der Waals surface area (Å²) in [5.74, 6) is 0.971. The van der Waals surface area contributed by atoms with Crippen molar-refractivity contribution >= 4 is 5.69 Å². The third-order valence-corrected chi connectivity index (χ3v) is 4.59. The van der Waals surface area contributed by atoms with Crippen LogP contribution in [0.1, 0.15) is 25.2 Å². The van der Waals surface area contributed by atoms with Crippen molar-refractivity contribution in [1.29, 1.82) is 0 Å². The van der Waals surface area contributed by atoms with Gasteiger partial charge in [0.15, 0.2) is 0 Å². The summed E-state index contributed by atoms with van der Waals surface area (Å²) in [6, 6.07) is 8.15. The number of anilines is 1. The topological polar surface area (TPSA) is 61.5 Å². The lowest BCUT2D eigenvalue weighted by Gasteiger charge is -2.23. The van der Waals surface area contributed by atoms with Gasteiger partial charge in [0.25, 0.3) is 0 Å². The van der Waals surface area contributed by atoms with Crippen molar-refractivity contribution in [2.75, 3.05) is 31.2 Å². The summed E-state index contributed by atoms with van der Waals surface area (Å²) in [6.07, 6.45) is 2.13. The molecule has 0 spiro atoms. The van der Waals surface area contributed by atoms with Crippen molar-refractivity contribution in [2.45, 2.75) is 34.2 Å². The van der Waals surface area contributed by atoms with E-state index in [0.29, 0.717) is 13.1 Å². The van der Waals surface area contributed by atoms with Gasteiger partial charge in [0.2, 0.25) is 0 Å². The molecule has 0 aliphatic rings. The third kappa shape index (κ3) is 4.50. The van der Waals surface area contributed by atoms with Crippen LogP contribution in [0.25, 0.3) is 11.4 Å². The third-order valence-electron chi connectivity index (χ3n) is 4.59. The predicted octanol–water partition coefficient (Wildman–Crippen LogP) is 2.92. The van der Waals surface area contributed by atoms with Crippen molar-refractivity contribution in [1.82, 2.24) is 9.55 Å². The van der Waals surface area contributed by atoms with E-state index in [1.807, 2.05) is 24.0 Å². The zero-order valence-corrected chi connectivity index (χ0v) is 15.7. The first kappa shape index (κ1) is 19.2. The van der Waals surface area contributed by atoms with E-state index in [0.717, 1.165) is 29.3 Å². The number of nitrogens with zero attached hydrogens (tertiary/aromatic N) is 3. The maximum atomic E-state index is 9.19. The fraction of sp³-hybridized carbons (Fsp3) is 0.450. The molecule has 136 valence electrons. The highest BCUT2D eigenvalue weighted by Crippen LogP contribution is 2.25. The second kappa shape index (κ2) is 8.83. The van der Waals surface area contributed by atoms with Crippen LogP contribution in [-0.4, -0.2) is 46.1 Å². The van der Waals surface area contributed by atoms with Crippen molar-refractivity contribution in [2.24, 2.45) is 0 Å². The van der Waals surface area contributed by atoms with Crippen LogP contribution in [0.15, 0.2) is 35.9 Å². The summed E-state index contributed by atoms with van der Waals surface area (Å²) in [4.78, 5) is 6.73. The molecule has 2 aromatic rings. The maximum Gasteiger partial charge on any atom is 0.140 e. The molecule has 1 heterocycles. The summed E-state index contributed by atoms with van der Waals surface area (Å²) < 4.78 is 2.25. The number of hydrogen-bond acceptors (Lipinski definition) is 4. The first-order valence-electron chi connectivity index (χ1n) is 8.74. The van der Waals surface area contributed by atoms with E-state index in [9.17, 15) is 10.2 Å². The normalized spacial score (nSPS) is 11.8. The molecule has 0 saturated carbocycles. The van der Waals surface area contributed by atoms with Crippen LogP contribution in [0.4, 0.5) is 5.69 Å². The molecule has 0 aliphatic heterocycles. The summed E-state index contributed by atoms with van der Waals surface area (Å²) in [7, 11) is 0. The van der Waals surface area contributed by atoms with Crippen LogP contribution >= 0.6 is 0 Å². The smallest absolute Gasteiger partial charge is 0.140 e. The molecule has 2 N–H and O–H groups in total. The monoisotopic (exact) mass is 343 g/mol. The quantitative estimate of drug-likeness (QED) is 0.724. The van der Waals surface area contributed by atoms with Crippen molar-refractivity contribution < 1.29 is 10.2 Å². The lowest BCUT2D eigenvalue weighted by atomic mass is 10.1. The molecular weight excluding hydrogens is 314 g/mol. The van der Waals surface area contributed by atoms with Crippen LogP contribution in [0.2, 0.25) is 0 Å². The zero-order chi connectivity index (χ0) is 18.4. The van der Waals surface area contributed by atoms with Crippen molar-refractivity contribution in [3.8, 4) is 11.4 Å². The van der Waals surface area contributed by atoms with Gasteiger partial charge in [0, 0.05) is 36.6 Å². The number of aryl methyl sites for hydroxylation is 1. The van der Waals surface area contributed by atoms with Gasteiger partial charge in [-0.15, -0.1) is 0 Å². The molecule has 0 amide bonds. The van der Waals surface area contributed by atoms with Gasteiger partial charge in [-0.2, -0.15) is 0 Å². The van der Waals surface area contributed by atoms with Crippen LogP contribution < -0.4 is 4.90 Å². The van der Waals surface area contributed by atoms with E-state index in [4.69, 9.17) is 4.98 Å². The molecule has 0 bridgehead atoms. The highest BCUT2D eigenvalue weighted by atomic mass is 16.3. The number of imidazole rings is 1. The Labute approximate surface area is 150 Å². The molecule has 5 nitrogen and oxygen atoms in total. The van der Waals surface area contributed by atoms with Gasteiger partial charge in [0.1, 0.15) is 5.82 Å². The molecule has 2 rings (SSSR count). The Hall–Kier alpha value is -2.11. The first-order valence-corrected chi connectivity index (χ1v) is 8.74. The van der Waals surface area contributed by atoms with E-state index >= 15 is 0 Å². The molecule has 0 aliphatic carbocycles. The average molecular weight is 343 g/mol. The highest BCUT2D eigenvalue weighted by molar-refractivity contribution is 5.62. The number of benzene rings is 1. The van der Waals surface area contributed by atoms with E-state index in [1.165, 1.54) is 11.3 Å². The second-order valence-electron chi connectivity index (χ2n) is 6.31. The van der Waals surface area contributed by atoms with Gasteiger partial charge < -0.3 is 19.7 Å². The van der Waals surface area contributed by atoms with Crippen LogP contribution in [0, 0.1) is 13.8 Å². The summed E-state index contributed by atoms with van der Waals surface area (Å²) in [6.45, 7) is 10.3. The largest absolute Gasteiger partial charge is 0.395 e. The number of aliphatic hydroxyl groups is 2. The molecule has 0 saturated heterocycles. The Morgan fingerprint density at radius 2 is 1.72 bits per heavy atom. The Morgan fingerprint density at radius 1 is 1.12 bits per heavy atom. The summed E-state index contributed by atoms with van der Waals surface area (Å²) >= 11 is 0. The average Bonchev–Trinajstić information content (AvgIpc) is 2.90. The van der Waals surface area contributed by atoms with Gasteiger partial charge in [-0.1, -0.05) is 11.6 Å². The Bertz CT molecular complexity index is 711.